The number of hydrogen-bond acceptors (Lipinski definition) is 4. The van der Waals surface area contributed by atoms with Gasteiger partial charge in [0.25, 0.3) is 11.8 Å². The average molecular weight is 458 g/mol. The van der Waals surface area contributed by atoms with E-state index < -0.39 is 0 Å². The Hall–Kier alpha value is -2.24. The molecule has 0 atom stereocenters. The third kappa shape index (κ3) is 5.72. The SMILES string of the molecule is CCCCCCCCN1C(=O)C(Sc2ccc(Cl)cc2)=C(c2ccccc2OC)C1=O. The van der Waals surface area contributed by atoms with Crippen LogP contribution in [-0.4, -0.2) is 30.4 Å². The highest BCUT2D eigenvalue weighted by molar-refractivity contribution is 8.04. The number of imide groups is 1. The van der Waals surface area contributed by atoms with Crippen LogP contribution >= 0.6 is 23.4 Å². The number of thioether (sulfide) groups is 1. The van der Waals surface area contributed by atoms with E-state index in [1.165, 1.54) is 35.9 Å². The third-order valence-electron chi connectivity index (χ3n) is 5.27. The predicted molar refractivity (Wildman–Crippen MR) is 127 cm³/mol. The molecule has 2 aromatic rings. The van der Waals surface area contributed by atoms with Crippen molar-refractivity contribution in [3.63, 3.8) is 0 Å². The molecular weight excluding hydrogens is 430 g/mol. The van der Waals surface area contributed by atoms with E-state index in [1.54, 1.807) is 25.3 Å². The van der Waals surface area contributed by atoms with Gasteiger partial charge in [0.2, 0.25) is 0 Å². The van der Waals surface area contributed by atoms with Crippen LogP contribution in [0.15, 0.2) is 58.3 Å². The molecule has 1 heterocycles. The van der Waals surface area contributed by atoms with Crippen molar-refractivity contribution in [2.45, 2.75) is 50.3 Å². The zero-order chi connectivity index (χ0) is 22.2. The van der Waals surface area contributed by atoms with Crippen molar-refractivity contribution in [3.8, 4) is 5.75 Å². The summed E-state index contributed by atoms with van der Waals surface area (Å²) in [4.78, 5) is 29.3. The molecule has 4 nitrogen and oxygen atoms in total. The molecule has 0 saturated heterocycles. The van der Waals surface area contributed by atoms with Gasteiger partial charge in [0.15, 0.2) is 0 Å². The van der Waals surface area contributed by atoms with Crippen LogP contribution in [0.3, 0.4) is 0 Å². The van der Waals surface area contributed by atoms with Crippen LogP contribution in [0.25, 0.3) is 5.57 Å². The van der Waals surface area contributed by atoms with Gasteiger partial charge >= 0.3 is 0 Å². The number of para-hydroxylation sites is 1. The van der Waals surface area contributed by atoms with Crippen molar-refractivity contribution < 1.29 is 14.3 Å². The Labute approximate surface area is 193 Å². The van der Waals surface area contributed by atoms with Crippen LogP contribution in [0.4, 0.5) is 0 Å². The van der Waals surface area contributed by atoms with E-state index in [2.05, 4.69) is 6.92 Å². The molecule has 0 spiro atoms. The monoisotopic (exact) mass is 457 g/mol. The highest BCUT2D eigenvalue weighted by Crippen LogP contribution is 2.42. The number of hydrogen-bond donors (Lipinski definition) is 0. The number of methoxy groups -OCH3 is 1. The molecule has 6 heteroatoms. The van der Waals surface area contributed by atoms with Crippen molar-refractivity contribution in [2.24, 2.45) is 0 Å². The summed E-state index contributed by atoms with van der Waals surface area (Å²) in [7, 11) is 1.57. The number of benzene rings is 2. The minimum atomic E-state index is -0.250. The van der Waals surface area contributed by atoms with Crippen LogP contribution < -0.4 is 4.74 Å². The molecule has 0 bridgehead atoms. The van der Waals surface area contributed by atoms with Crippen molar-refractivity contribution in [1.82, 2.24) is 4.90 Å². The van der Waals surface area contributed by atoms with Crippen LogP contribution in [0.2, 0.25) is 5.02 Å². The molecule has 0 unspecified atom stereocenters. The summed E-state index contributed by atoms with van der Waals surface area (Å²) < 4.78 is 5.48. The van der Waals surface area contributed by atoms with Gasteiger partial charge in [-0.1, -0.05) is 80.6 Å². The summed E-state index contributed by atoms with van der Waals surface area (Å²) in [5.74, 6) is 0.0909. The van der Waals surface area contributed by atoms with Gasteiger partial charge in [0.05, 0.1) is 17.6 Å². The van der Waals surface area contributed by atoms with E-state index >= 15 is 0 Å². The number of ether oxygens (including phenoxy) is 1. The van der Waals surface area contributed by atoms with E-state index in [1.807, 2.05) is 30.3 Å². The Bertz CT molecular complexity index is 955. The Kier molecular flexibility index (Phi) is 8.61. The summed E-state index contributed by atoms with van der Waals surface area (Å²) in [5, 5.41) is 0.627. The van der Waals surface area contributed by atoms with Crippen molar-refractivity contribution in [2.75, 3.05) is 13.7 Å². The predicted octanol–water partition coefficient (Wildman–Crippen LogP) is 6.58. The van der Waals surface area contributed by atoms with Gasteiger partial charge in [-0.05, 0) is 36.8 Å². The van der Waals surface area contributed by atoms with Crippen LogP contribution in [0, 0.1) is 0 Å². The first-order chi connectivity index (χ1) is 15.1. The van der Waals surface area contributed by atoms with Crippen molar-refractivity contribution in [1.29, 1.82) is 0 Å². The van der Waals surface area contributed by atoms with Gasteiger partial charge in [-0.3, -0.25) is 14.5 Å². The molecule has 0 fully saturated rings. The maximum Gasteiger partial charge on any atom is 0.268 e. The fourth-order valence-corrected chi connectivity index (χ4v) is 4.74. The quantitative estimate of drug-likeness (QED) is 0.282. The van der Waals surface area contributed by atoms with Crippen molar-refractivity contribution >= 4 is 40.8 Å². The Morgan fingerprint density at radius 3 is 2.29 bits per heavy atom. The van der Waals surface area contributed by atoms with Gasteiger partial charge in [0.1, 0.15) is 5.75 Å². The van der Waals surface area contributed by atoms with Crippen LogP contribution in [0.5, 0.6) is 5.75 Å². The Morgan fingerprint density at radius 2 is 1.58 bits per heavy atom. The second-order valence-corrected chi connectivity index (χ2v) is 9.01. The topological polar surface area (TPSA) is 46.6 Å². The van der Waals surface area contributed by atoms with Crippen LogP contribution in [-0.2, 0) is 9.59 Å². The molecule has 0 saturated carbocycles. The van der Waals surface area contributed by atoms with Gasteiger partial charge in [-0.15, -0.1) is 0 Å². The summed E-state index contributed by atoms with van der Waals surface area (Å²) in [6.45, 7) is 2.62. The lowest BCUT2D eigenvalue weighted by molar-refractivity contribution is -0.136. The molecule has 0 N–H and O–H groups in total. The number of nitrogens with zero attached hydrogens (tertiary/aromatic N) is 1. The first kappa shape index (κ1) is 23.4. The molecule has 1 aliphatic heterocycles. The molecule has 164 valence electrons. The van der Waals surface area contributed by atoms with E-state index in [9.17, 15) is 9.59 Å². The first-order valence-corrected chi connectivity index (χ1v) is 11.9. The number of halogens is 1. The Balaban J connectivity index is 1.87. The first-order valence-electron chi connectivity index (χ1n) is 10.7. The lowest BCUT2D eigenvalue weighted by Crippen LogP contribution is -2.32. The fourth-order valence-electron chi connectivity index (χ4n) is 3.61. The minimum absolute atomic E-state index is 0.237. The van der Waals surface area contributed by atoms with E-state index in [0.29, 0.717) is 33.4 Å². The van der Waals surface area contributed by atoms with Crippen LogP contribution in [0.1, 0.15) is 51.0 Å². The van der Waals surface area contributed by atoms with Crippen molar-refractivity contribution in [3.05, 3.63) is 64.0 Å². The zero-order valence-electron chi connectivity index (χ0n) is 18.0. The molecule has 2 amide bonds. The number of carbonyl (C=O) groups is 2. The van der Waals surface area contributed by atoms with Gasteiger partial charge in [-0.2, -0.15) is 0 Å². The number of unbranched alkanes of at least 4 members (excludes halogenated alkanes) is 5. The summed E-state index contributed by atoms with van der Waals surface area (Å²) >= 11 is 7.30. The maximum atomic E-state index is 13.4. The fraction of sp³-hybridized carbons (Fsp3) is 0.360. The highest BCUT2D eigenvalue weighted by atomic mass is 35.5. The standard InChI is InChI=1S/C25H28ClNO3S/c1-3-4-5-6-7-10-17-27-24(28)22(20-11-8-9-12-21(20)30-2)23(25(27)29)31-19-15-13-18(26)14-16-19/h8-9,11-16H,3-7,10,17H2,1-2H3. The van der Waals surface area contributed by atoms with Gasteiger partial charge < -0.3 is 4.74 Å². The molecular formula is C25H28ClNO3S. The van der Waals surface area contributed by atoms with E-state index in [0.717, 1.165) is 24.2 Å². The molecule has 0 aromatic heterocycles. The minimum Gasteiger partial charge on any atom is -0.496 e. The lowest BCUT2D eigenvalue weighted by atomic mass is 10.0. The van der Waals surface area contributed by atoms with Gasteiger partial charge in [0, 0.05) is 22.0 Å². The van der Waals surface area contributed by atoms with Gasteiger partial charge in [-0.25, -0.2) is 0 Å². The Morgan fingerprint density at radius 1 is 0.903 bits per heavy atom. The van der Waals surface area contributed by atoms with E-state index in [4.69, 9.17) is 16.3 Å². The second-order valence-electron chi connectivity index (χ2n) is 7.49. The molecule has 2 aromatic carbocycles. The summed E-state index contributed by atoms with van der Waals surface area (Å²) in [5.41, 5.74) is 1.05. The lowest BCUT2D eigenvalue weighted by Gasteiger charge is -2.15. The molecule has 0 radical (unpaired) electrons. The second kappa shape index (κ2) is 11.4. The molecule has 1 aliphatic rings. The van der Waals surface area contributed by atoms with E-state index in [-0.39, 0.29) is 11.8 Å². The largest absolute Gasteiger partial charge is 0.496 e. The third-order valence-corrected chi connectivity index (χ3v) is 6.61. The smallest absolute Gasteiger partial charge is 0.268 e. The molecule has 0 aliphatic carbocycles. The highest BCUT2D eigenvalue weighted by Gasteiger charge is 2.40. The maximum absolute atomic E-state index is 13.4. The number of amides is 2. The number of rotatable bonds is 11. The number of carbonyl (C=O) groups excluding carboxylic acids is 2. The molecule has 31 heavy (non-hydrogen) atoms. The summed E-state index contributed by atoms with van der Waals surface area (Å²) in [6.07, 6.45) is 6.58. The summed E-state index contributed by atoms with van der Waals surface area (Å²) in [6, 6.07) is 14.6. The normalized spacial score (nSPS) is 14.0. The molecule has 3 rings (SSSR count). The average Bonchev–Trinajstić information content (AvgIpc) is 3.01. The zero-order valence-corrected chi connectivity index (χ0v) is 19.6.